The van der Waals surface area contributed by atoms with Crippen LogP contribution in [0.25, 0.3) is 20.3 Å². The zero-order valence-electron chi connectivity index (χ0n) is 13.6. The molecular formula is C17H9Cl2N3O3S2. The molecule has 4 aromatic rings. The second-order valence-electron chi connectivity index (χ2n) is 5.66. The fourth-order valence-electron chi connectivity index (χ4n) is 2.68. The van der Waals surface area contributed by atoms with E-state index in [4.69, 9.17) is 23.2 Å². The van der Waals surface area contributed by atoms with Gasteiger partial charge >= 0.3 is 0 Å². The van der Waals surface area contributed by atoms with Crippen LogP contribution in [0.5, 0.6) is 0 Å². The Kier molecular flexibility index (Phi) is 4.51. The van der Waals surface area contributed by atoms with Crippen molar-refractivity contribution in [2.24, 2.45) is 12.0 Å². The van der Waals surface area contributed by atoms with E-state index in [-0.39, 0.29) is 5.69 Å². The minimum atomic E-state index is -0.465. The number of carbonyl (C=O) groups excluding carboxylic acids is 1. The van der Waals surface area contributed by atoms with Gasteiger partial charge in [-0.1, -0.05) is 34.5 Å². The first kappa shape index (κ1) is 18.1. The fraction of sp³-hybridized carbons (Fsp3) is 0.0588. The van der Waals surface area contributed by atoms with Gasteiger partial charge < -0.3 is 4.57 Å². The number of aryl methyl sites for hydroxylation is 1. The molecule has 0 aliphatic heterocycles. The first-order valence-electron chi connectivity index (χ1n) is 7.56. The molecular weight excluding hydrogens is 429 g/mol. The van der Waals surface area contributed by atoms with Crippen LogP contribution in [0.2, 0.25) is 10.0 Å². The Hall–Kier alpha value is -2.26. The van der Waals surface area contributed by atoms with Crippen LogP contribution >= 0.6 is 45.9 Å². The van der Waals surface area contributed by atoms with Gasteiger partial charge in [0.2, 0.25) is 0 Å². The topological polar surface area (TPSA) is 77.5 Å². The standard InChI is InChI=1S/C17H9Cl2N3O3S2/c1-21-14-10(18)3-4-11(19)15(14)27-17(21)20-16(23)13-7-8-6-9(22(24)25)2-5-12(8)26-13/h2-7H,1H3. The van der Waals surface area contributed by atoms with Crippen LogP contribution in [0.4, 0.5) is 5.69 Å². The second-order valence-corrected chi connectivity index (χ2v) is 8.53. The van der Waals surface area contributed by atoms with E-state index in [1.54, 1.807) is 35.9 Å². The molecule has 2 heterocycles. The van der Waals surface area contributed by atoms with Gasteiger partial charge in [-0.3, -0.25) is 14.9 Å². The summed E-state index contributed by atoms with van der Waals surface area (Å²) in [6.07, 6.45) is 0. The first-order valence-corrected chi connectivity index (χ1v) is 9.94. The molecule has 0 bridgehead atoms. The van der Waals surface area contributed by atoms with Gasteiger partial charge in [0.1, 0.15) is 0 Å². The Labute approximate surface area is 170 Å². The number of thiophene rings is 1. The molecule has 0 N–H and O–H groups in total. The molecule has 0 aliphatic carbocycles. The number of aromatic nitrogens is 1. The normalized spacial score (nSPS) is 12.2. The van der Waals surface area contributed by atoms with Gasteiger partial charge in [0, 0.05) is 29.3 Å². The van der Waals surface area contributed by atoms with Gasteiger partial charge in [0.25, 0.3) is 11.6 Å². The summed E-state index contributed by atoms with van der Waals surface area (Å²) in [6.45, 7) is 0. The maximum Gasteiger partial charge on any atom is 0.289 e. The van der Waals surface area contributed by atoms with Crippen molar-refractivity contribution in [1.82, 2.24) is 4.57 Å². The number of carbonyl (C=O) groups is 1. The highest BCUT2D eigenvalue weighted by molar-refractivity contribution is 7.21. The lowest BCUT2D eigenvalue weighted by molar-refractivity contribution is -0.384. The summed E-state index contributed by atoms with van der Waals surface area (Å²) in [5.41, 5.74) is 0.698. The van der Waals surface area contributed by atoms with E-state index in [1.807, 2.05) is 0 Å². The summed E-state index contributed by atoms with van der Waals surface area (Å²) in [4.78, 5) is 28.2. The second kappa shape index (κ2) is 6.72. The Morgan fingerprint density at radius 2 is 1.89 bits per heavy atom. The Bertz CT molecular complexity index is 1320. The highest BCUT2D eigenvalue weighted by Gasteiger charge is 2.15. The quantitative estimate of drug-likeness (QED) is 0.310. The van der Waals surface area contributed by atoms with Gasteiger partial charge in [-0.25, -0.2) is 0 Å². The summed E-state index contributed by atoms with van der Waals surface area (Å²) in [5, 5.41) is 12.6. The molecule has 0 unspecified atom stereocenters. The minimum absolute atomic E-state index is 0.0172. The van der Waals surface area contributed by atoms with Crippen molar-refractivity contribution >= 4 is 77.8 Å². The van der Waals surface area contributed by atoms with Crippen molar-refractivity contribution < 1.29 is 9.72 Å². The molecule has 1 amide bonds. The molecule has 0 aliphatic rings. The lowest BCUT2D eigenvalue weighted by Crippen LogP contribution is -2.12. The monoisotopic (exact) mass is 437 g/mol. The number of benzene rings is 2. The van der Waals surface area contributed by atoms with E-state index < -0.39 is 10.8 Å². The van der Waals surface area contributed by atoms with Crippen LogP contribution in [-0.4, -0.2) is 15.4 Å². The van der Waals surface area contributed by atoms with Gasteiger partial charge in [0.05, 0.1) is 30.1 Å². The van der Waals surface area contributed by atoms with E-state index >= 15 is 0 Å². The number of nitro groups is 1. The summed E-state index contributed by atoms with van der Waals surface area (Å²) < 4.78 is 3.26. The van der Waals surface area contributed by atoms with Crippen molar-refractivity contribution in [2.75, 3.05) is 0 Å². The molecule has 27 heavy (non-hydrogen) atoms. The summed E-state index contributed by atoms with van der Waals surface area (Å²) in [5.74, 6) is -0.423. The third kappa shape index (κ3) is 3.14. The molecule has 4 rings (SSSR count). The number of non-ortho nitro benzene ring substituents is 1. The predicted molar refractivity (Wildman–Crippen MR) is 109 cm³/mol. The zero-order valence-corrected chi connectivity index (χ0v) is 16.7. The molecule has 136 valence electrons. The number of nitrogens with zero attached hydrogens (tertiary/aromatic N) is 3. The van der Waals surface area contributed by atoms with Crippen molar-refractivity contribution in [2.45, 2.75) is 0 Å². The van der Waals surface area contributed by atoms with Gasteiger partial charge in [0.15, 0.2) is 4.80 Å². The van der Waals surface area contributed by atoms with Crippen LogP contribution in [0.15, 0.2) is 41.4 Å². The number of halogens is 2. The number of thiazole rings is 1. The average Bonchev–Trinajstić information content (AvgIpc) is 3.20. The number of hydrogen-bond acceptors (Lipinski definition) is 5. The third-order valence-electron chi connectivity index (χ3n) is 3.97. The average molecular weight is 438 g/mol. The highest BCUT2D eigenvalue weighted by Crippen LogP contribution is 2.32. The molecule has 0 saturated carbocycles. The molecule has 0 spiro atoms. The summed E-state index contributed by atoms with van der Waals surface area (Å²) >= 11 is 15.0. The Morgan fingerprint density at radius 1 is 1.15 bits per heavy atom. The van der Waals surface area contributed by atoms with Crippen molar-refractivity contribution in [3.8, 4) is 0 Å². The van der Waals surface area contributed by atoms with Crippen LogP contribution < -0.4 is 4.80 Å². The predicted octanol–water partition coefficient (Wildman–Crippen LogP) is 5.41. The summed E-state index contributed by atoms with van der Waals surface area (Å²) in [6, 6.07) is 9.51. The number of fused-ring (bicyclic) bond motifs is 2. The molecule has 0 atom stereocenters. The van der Waals surface area contributed by atoms with E-state index in [1.165, 1.54) is 34.8 Å². The van der Waals surface area contributed by atoms with Gasteiger partial charge in [-0.15, -0.1) is 11.3 Å². The number of hydrogen-bond donors (Lipinski definition) is 0. The Balaban J connectivity index is 1.82. The molecule has 6 nitrogen and oxygen atoms in total. The van der Waals surface area contributed by atoms with Gasteiger partial charge in [-0.2, -0.15) is 4.99 Å². The van der Waals surface area contributed by atoms with Crippen LogP contribution in [0.1, 0.15) is 9.67 Å². The highest BCUT2D eigenvalue weighted by atomic mass is 35.5. The van der Waals surface area contributed by atoms with E-state index in [9.17, 15) is 14.9 Å². The smallest absolute Gasteiger partial charge is 0.289 e. The SMILES string of the molecule is Cn1c(=NC(=O)c2cc3cc([N+](=O)[O-])ccc3s2)sc2c(Cl)ccc(Cl)c21. The number of nitro benzene ring substituents is 1. The van der Waals surface area contributed by atoms with Gasteiger partial charge in [-0.05, 0) is 24.3 Å². The molecule has 0 fully saturated rings. The molecule has 0 saturated heterocycles. The molecule has 0 radical (unpaired) electrons. The van der Waals surface area contributed by atoms with Crippen LogP contribution in [0.3, 0.4) is 0 Å². The van der Waals surface area contributed by atoms with Crippen molar-refractivity contribution in [3.05, 3.63) is 66.2 Å². The number of rotatable bonds is 2. The molecule has 2 aromatic carbocycles. The molecule has 2 aromatic heterocycles. The lowest BCUT2D eigenvalue weighted by Gasteiger charge is -1.99. The maximum absolute atomic E-state index is 12.6. The van der Waals surface area contributed by atoms with Crippen LogP contribution in [-0.2, 0) is 7.05 Å². The van der Waals surface area contributed by atoms with Crippen molar-refractivity contribution in [3.63, 3.8) is 0 Å². The first-order chi connectivity index (χ1) is 12.8. The number of amides is 1. The molecule has 10 heteroatoms. The summed E-state index contributed by atoms with van der Waals surface area (Å²) in [7, 11) is 1.77. The van der Waals surface area contributed by atoms with E-state index in [0.29, 0.717) is 30.6 Å². The van der Waals surface area contributed by atoms with E-state index in [2.05, 4.69) is 4.99 Å². The third-order valence-corrected chi connectivity index (χ3v) is 6.97. The lowest BCUT2D eigenvalue weighted by atomic mass is 10.2. The van der Waals surface area contributed by atoms with E-state index in [0.717, 1.165) is 9.40 Å². The fourth-order valence-corrected chi connectivity index (χ4v) is 5.26. The largest absolute Gasteiger partial charge is 0.318 e. The van der Waals surface area contributed by atoms with Crippen LogP contribution in [0, 0.1) is 10.1 Å². The Morgan fingerprint density at radius 3 is 2.59 bits per heavy atom. The zero-order chi connectivity index (χ0) is 19.3. The maximum atomic E-state index is 12.6. The van der Waals surface area contributed by atoms with Crippen molar-refractivity contribution in [1.29, 1.82) is 0 Å². The minimum Gasteiger partial charge on any atom is -0.318 e.